The molecule has 1 aromatic carbocycles. The van der Waals surface area contributed by atoms with Gasteiger partial charge >= 0.3 is 19.1 Å². The van der Waals surface area contributed by atoms with Gasteiger partial charge in [-0.3, -0.25) is 0 Å². The molecule has 1 fully saturated rings. The van der Waals surface area contributed by atoms with Crippen molar-refractivity contribution in [3.63, 3.8) is 0 Å². The first-order valence-corrected chi connectivity index (χ1v) is 14.5. The smallest absolute Gasteiger partial charge is 0.462 e. The minimum absolute atomic E-state index is 0.244. The van der Waals surface area contributed by atoms with Gasteiger partial charge in [0.05, 0.1) is 28.9 Å². The summed E-state index contributed by atoms with van der Waals surface area (Å²) in [6, 6.07) is 5.73. The first kappa shape index (κ1) is 25.6. The molecule has 1 aliphatic heterocycles. The molecule has 1 heterocycles. The maximum atomic E-state index is 13.0. The van der Waals surface area contributed by atoms with Crippen LogP contribution in [-0.4, -0.2) is 50.5 Å². The Morgan fingerprint density at radius 3 is 2.03 bits per heavy atom. The summed E-state index contributed by atoms with van der Waals surface area (Å²) in [6.07, 6.45) is 0. The standard InChI is InChI=1S/C23H37BO6Si/c1-21(2,3)28-20(26)17-15-16(19(25)27-13-14-31(8,9)10)11-12-18(17)24-29-22(4,5)23(6,7)30-24/h11-12,15H,13-14H2,1-10H3. The third kappa shape index (κ3) is 6.67. The fraction of sp³-hybridized carbons (Fsp3) is 0.652. The summed E-state index contributed by atoms with van der Waals surface area (Å²) in [5.74, 6) is -0.988. The molecule has 0 atom stereocenters. The summed E-state index contributed by atoms with van der Waals surface area (Å²) in [5.41, 5.74) is -0.719. The highest BCUT2D eigenvalue weighted by molar-refractivity contribution is 6.76. The van der Waals surface area contributed by atoms with Crippen LogP contribution in [0, 0.1) is 0 Å². The van der Waals surface area contributed by atoms with Gasteiger partial charge < -0.3 is 18.8 Å². The van der Waals surface area contributed by atoms with Gasteiger partial charge in [0, 0.05) is 8.07 Å². The SMILES string of the molecule is CC(C)(C)OC(=O)c1cc(C(=O)OCC[Si](C)(C)C)ccc1B1OC(C)(C)C(C)(C)O1. The molecule has 0 amide bonds. The summed E-state index contributed by atoms with van der Waals surface area (Å²) in [4.78, 5) is 25.6. The largest absolute Gasteiger partial charge is 0.495 e. The van der Waals surface area contributed by atoms with Gasteiger partial charge in [0.2, 0.25) is 0 Å². The second kappa shape index (κ2) is 8.71. The van der Waals surface area contributed by atoms with Crippen molar-refractivity contribution in [2.45, 2.75) is 91.0 Å². The van der Waals surface area contributed by atoms with Crippen LogP contribution in [0.2, 0.25) is 25.7 Å². The zero-order valence-electron chi connectivity index (χ0n) is 20.7. The lowest BCUT2D eigenvalue weighted by molar-refractivity contribution is 0.00578. The van der Waals surface area contributed by atoms with E-state index in [1.54, 1.807) is 32.9 Å². The summed E-state index contributed by atoms with van der Waals surface area (Å²) < 4.78 is 23.3. The lowest BCUT2D eigenvalue weighted by Gasteiger charge is -2.32. The summed E-state index contributed by atoms with van der Waals surface area (Å²) >= 11 is 0. The normalized spacial score (nSPS) is 18.1. The van der Waals surface area contributed by atoms with E-state index in [4.69, 9.17) is 18.8 Å². The van der Waals surface area contributed by atoms with Crippen LogP contribution in [0.4, 0.5) is 0 Å². The maximum Gasteiger partial charge on any atom is 0.495 e. The van der Waals surface area contributed by atoms with E-state index in [0.29, 0.717) is 17.6 Å². The van der Waals surface area contributed by atoms with Crippen molar-refractivity contribution in [1.82, 2.24) is 0 Å². The average molecular weight is 448 g/mol. The van der Waals surface area contributed by atoms with Crippen molar-refractivity contribution in [3.05, 3.63) is 29.3 Å². The molecule has 1 saturated heterocycles. The predicted octanol–water partition coefficient (Wildman–Crippen LogP) is 4.44. The first-order valence-electron chi connectivity index (χ1n) is 10.8. The van der Waals surface area contributed by atoms with Crippen LogP contribution < -0.4 is 5.46 Å². The van der Waals surface area contributed by atoms with Crippen LogP contribution >= 0.6 is 0 Å². The van der Waals surface area contributed by atoms with E-state index in [0.717, 1.165) is 6.04 Å². The zero-order chi connectivity index (χ0) is 23.8. The number of esters is 2. The van der Waals surface area contributed by atoms with Crippen molar-refractivity contribution in [1.29, 1.82) is 0 Å². The highest BCUT2D eigenvalue weighted by Crippen LogP contribution is 2.36. The molecule has 1 aliphatic rings. The number of hydrogen-bond acceptors (Lipinski definition) is 6. The Labute approximate surface area is 188 Å². The van der Waals surface area contributed by atoms with Gasteiger partial charge in [0.1, 0.15) is 5.60 Å². The first-order chi connectivity index (χ1) is 13.9. The summed E-state index contributed by atoms with van der Waals surface area (Å²) in [7, 11) is -2.07. The van der Waals surface area contributed by atoms with Crippen molar-refractivity contribution in [2.75, 3.05) is 6.61 Å². The Kier molecular flexibility index (Phi) is 7.20. The van der Waals surface area contributed by atoms with Crippen molar-refractivity contribution in [2.24, 2.45) is 0 Å². The molecule has 0 N–H and O–H groups in total. The highest BCUT2D eigenvalue weighted by atomic mass is 28.3. The number of hydrogen-bond donors (Lipinski definition) is 0. The molecule has 31 heavy (non-hydrogen) atoms. The van der Waals surface area contributed by atoms with Gasteiger partial charge in [-0.15, -0.1) is 0 Å². The minimum atomic E-state index is -1.32. The molecule has 0 saturated carbocycles. The Morgan fingerprint density at radius 1 is 1.00 bits per heavy atom. The number of benzene rings is 1. The third-order valence-electron chi connectivity index (χ3n) is 5.50. The summed E-state index contributed by atoms with van der Waals surface area (Å²) in [6.45, 7) is 20.2. The zero-order valence-corrected chi connectivity index (χ0v) is 21.7. The van der Waals surface area contributed by atoms with Gasteiger partial charge in [0.25, 0.3) is 0 Å². The molecule has 1 aromatic rings. The Balaban J connectivity index is 2.36. The Morgan fingerprint density at radius 2 is 1.55 bits per heavy atom. The number of carbonyl (C=O) groups excluding carboxylic acids is 2. The van der Waals surface area contributed by atoms with Gasteiger partial charge in [-0.2, -0.15) is 0 Å². The van der Waals surface area contributed by atoms with Crippen LogP contribution in [0.25, 0.3) is 0 Å². The van der Waals surface area contributed by atoms with Crippen LogP contribution in [-0.2, 0) is 18.8 Å². The van der Waals surface area contributed by atoms with E-state index in [-0.39, 0.29) is 5.56 Å². The topological polar surface area (TPSA) is 71.1 Å². The predicted molar refractivity (Wildman–Crippen MR) is 126 cm³/mol. The van der Waals surface area contributed by atoms with Crippen molar-refractivity contribution >= 4 is 32.6 Å². The Bertz CT molecular complexity index is 819. The molecule has 0 aromatic heterocycles. The molecule has 0 spiro atoms. The maximum absolute atomic E-state index is 13.0. The van der Waals surface area contributed by atoms with Gasteiger partial charge in [-0.05, 0) is 72.1 Å². The van der Waals surface area contributed by atoms with Crippen LogP contribution in [0.15, 0.2) is 18.2 Å². The van der Waals surface area contributed by atoms with E-state index in [1.807, 2.05) is 27.7 Å². The minimum Gasteiger partial charge on any atom is -0.462 e. The number of carbonyl (C=O) groups is 2. The van der Waals surface area contributed by atoms with E-state index in [2.05, 4.69) is 19.6 Å². The molecule has 0 aliphatic carbocycles. The lowest BCUT2D eigenvalue weighted by atomic mass is 9.75. The molecule has 8 heteroatoms. The molecule has 0 unspecified atom stereocenters. The van der Waals surface area contributed by atoms with Crippen LogP contribution in [0.5, 0.6) is 0 Å². The quantitative estimate of drug-likeness (QED) is 0.474. The second-order valence-electron chi connectivity index (χ2n) is 11.3. The third-order valence-corrected chi connectivity index (χ3v) is 7.20. The molecule has 6 nitrogen and oxygen atoms in total. The average Bonchev–Trinajstić information content (AvgIpc) is 2.79. The fourth-order valence-electron chi connectivity index (χ4n) is 2.90. The Hall–Kier alpha value is -1.64. The van der Waals surface area contributed by atoms with Crippen LogP contribution in [0.3, 0.4) is 0 Å². The summed E-state index contributed by atoms with van der Waals surface area (Å²) in [5, 5.41) is 0. The van der Waals surface area contributed by atoms with E-state index < -0.39 is 43.9 Å². The monoisotopic (exact) mass is 448 g/mol. The van der Waals surface area contributed by atoms with E-state index in [9.17, 15) is 9.59 Å². The van der Waals surface area contributed by atoms with Crippen molar-refractivity contribution < 1.29 is 28.4 Å². The van der Waals surface area contributed by atoms with Crippen molar-refractivity contribution in [3.8, 4) is 0 Å². The molecular formula is C23H37BO6Si. The van der Waals surface area contributed by atoms with Gasteiger partial charge in [-0.1, -0.05) is 25.7 Å². The molecule has 2 rings (SSSR count). The van der Waals surface area contributed by atoms with Gasteiger partial charge in [-0.25, -0.2) is 9.59 Å². The highest BCUT2D eigenvalue weighted by Gasteiger charge is 2.52. The second-order valence-corrected chi connectivity index (χ2v) is 17.0. The number of ether oxygens (including phenoxy) is 2. The fourth-order valence-corrected chi connectivity index (χ4v) is 3.62. The number of rotatable bonds is 6. The van der Waals surface area contributed by atoms with Gasteiger partial charge in [0.15, 0.2) is 0 Å². The molecule has 172 valence electrons. The lowest BCUT2D eigenvalue weighted by Crippen LogP contribution is -2.41. The van der Waals surface area contributed by atoms with E-state index in [1.165, 1.54) is 6.07 Å². The molecule has 0 bridgehead atoms. The van der Waals surface area contributed by atoms with E-state index >= 15 is 0 Å². The van der Waals surface area contributed by atoms with Crippen LogP contribution in [0.1, 0.15) is 69.2 Å². The molecule has 0 radical (unpaired) electrons. The molecular weight excluding hydrogens is 411 g/mol.